The summed E-state index contributed by atoms with van der Waals surface area (Å²) in [5.41, 5.74) is 14.7. The molecule has 24 nitrogen and oxygen atoms in total. The van der Waals surface area contributed by atoms with E-state index in [9.17, 15) is 46.3 Å². The predicted octanol–water partition coefficient (Wildman–Crippen LogP) is 12.3. The van der Waals surface area contributed by atoms with Gasteiger partial charge in [-0.3, -0.25) is 14.5 Å². The molecule has 0 aliphatic carbocycles. The van der Waals surface area contributed by atoms with Crippen molar-refractivity contribution in [2.45, 2.75) is 46.1 Å². The zero-order valence-electron chi connectivity index (χ0n) is 64.0. The van der Waals surface area contributed by atoms with Gasteiger partial charge < -0.3 is 75.7 Å². The zero-order chi connectivity index (χ0) is 80.7. The van der Waals surface area contributed by atoms with Crippen LogP contribution in [0.1, 0.15) is 98.2 Å². The Kier molecular flexibility index (Phi) is 36.6. The third-order valence-electron chi connectivity index (χ3n) is 18.8. The number of aromatic nitrogens is 2. The number of hydrogen-bond donors (Lipinski definition) is 6. The maximum absolute atomic E-state index is 13.0. The van der Waals surface area contributed by atoms with Crippen LogP contribution in [0, 0.1) is 23.3 Å². The van der Waals surface area contributed by atoms with Crippen LogP contribution in [0.25, 0.3) is 10.9 Å². The molecular formula is C86H89BrF4LiN9O15S. The van der Waals surface area contributed by atoms with Crippen molar-refractivity contribution < 1.29 is 110 Å². The number of nitrogens with one attached hydrogen (secondary N) is 3. The summed E-state index contributed by atoms with van der Waals surface area (Å²) in [5, 5.41) is 35.4. The number of esters is 3. The number of carbonyl (C=O) groups excluding carboxylic acids is 4. The number of carbonyl (C=O) groups is 7. The maximum atomic E-state index is 13.0. The number of rotatable bonds is 10. The van der Waals surface area contributed by atoms with E-state index in [1.54, 1.807) is 103 Å². The van der Waals surface area contributed by atoms with Crippen LogP contribution >= 0.6 is 27.3 Å². The molecule has 17 rings (SSSR count). The largest absolute Gasteiger partial charge is 1.00 e. The second kappa shape index (κ2) is 45.5. The molecule has 8 heterocycles. The van der Waals surface area contributed by atoms with E-state index in [0.717, 1.165) is 170 Å². The number of anilines is 7. The van der Waals surface area contributed by atoms with Crippen molar-refractivity contribution >= 4 is 120 Å². The SMILES string of the molecule is C.CC(=O)O.COC(=O)c1ccc2[nH]ccc2c1.COC(=O)c1ccc2c(c1)CCN2.COC(=O)c1ccc2c(c1)CCN2c1ccc(F)cc1.Fc1ccc(Br)cc1.O.O=C(O)c1ccc2c(c1)CCN2c1ccc(F)cc1.O=C(O)c1ccc2c(c1)CCN2c1ccc(F)cc1.O=C(c1nccs1)N1CCN(C2CNC2)CC1.[Li+].[OH-]. The number of aromatic carboxylic acids is 2. The maximum Gasteiger partial charge on any atom is 1.00 e. The first-order valence-electron chi connectivity index (χ1n) is 35.9. The van der Waals surface area contributed by atoms with Gasteiger partial charge in [-0.05, 0) is 242 Å². The van der Waals surface area contributed by atoms with Crippen molar-refractivity contribution in [3.05, 3.63) is 295 Å². The topological polar surface area (TPSA) is 338 Å². The van der Waals surface area contributed by atoms with E-state index in [1.807, 2.05) is 65.0 Å². The molecule has 6 aliphatic heterocycles. The number of nitrogens with zero attached hydrogens (tertiary/aromatic N) is 6. The second-order valence-electron chi connectivity index (χ2n) is 26.0. The molecule has 0 saturated carbocycles. The van der Waals surface area contributed by atoms with E-state index in [1.165, 1.54) is 86.8 Å². The third-order valence-corrected chi connectivity index (χ3v) is 20.1. The van der Waals surface area contributed by atoms with Crippen LogP contribution in [-0.2, 0) is 44.7 Å². The van der Waals surface area contributed by atoms with Crippen LogP contribution in [-0.4, -0.2) is 181 Å². The summed E-state index contributed by atoms with van der Waals surface area (Å²) in [7, 11) is 4.15. The number of piperazine rings is 1. The monoisotopic (exact) mass is 1680 g/mol. The summed E-state index contributed by atoms with van der Waals surface area (Å²) in [6, 6.07) is 54.6. The quantitative estimate of drug-likeness (QED) is 0.0320. The van der Waals surface area contributed by atoms with Crippen molar-refractivity contribution in [1.82, 2.24) is 25.1 Å². The van der Waals surface area contributed by atoms with Crippen molar-refractivity contribution in [3.8, 4) is 0 Å². The Morgan fingerprint density at radius 2 is 0.880 bits per heavy atom. The number of aromatic amines is 1. The van der Waals surface area contributed by atoms with Gasteiger partial charge >= 0.3 is 48.7 Å². The van der Waals surface area contributed by atoms with Crippen molar-refractivity contribution in [2.24, 2.45) is 0 Å². The van der Waals surface area contributed by atoms with Crippen LogP contribution in [0.15, 0.2) is 216 Å². The van der Waals surface area contributed by atoms with Gasteiger partial charge in [-0.25, -0.2) is 46.5 Å². The van der Waals surface area contributed by atoms with Crippen molar-refractivity contribution in [3.63, 3.8) is 0 Å². The second-order valence-corrected chi connectivity index (χ2v) is 27.8. The molecule has 2 saturated heterocycles. The summed E-state index contributed by atoms with van der Waals surface area (Å²) in [5.74, 6) is -4.43. The summed E-state index contributed by atoms with van der Waals surface area (Å²) < 4.78 is 65.8. The number of methoxy groups -OCH3 is 3. The van der Waals surface area contributed by atoms with E-state index in [2.05, 4.69) is 65.6 Å². The molecule has 117 heavy (non-hydrogen) atoms. The summed E-state index contributed by atoms with van der Waals surface area (Å²) in [4.78, 5) is 94.6. The molecule has 610 valence electrons. The number of carboxylic acids is 3. The molecule has 0 bridgehead atoms. The minimum absolute atomic E-state index is 0. The number of halogens is 5. The Hall–Kier alpha value is -11.7. The fourth-order valence-electron chi connectivity index (χ4n) is 12.9. The number of thiazole rings is 1. The van der Waals surface area contributed by atoms with Gasteiger partial charge in [-0.2, -0.15) is 0 Å². The van der Waals surface area contributed by atoms with Crippen LogP contribution in [0.4, 0.5) is 57.4 Å². The van der Waals surface area contributed by atoms with Crippen LogP contribution in [0.2, 0.25) is 0 Å². The standard InChI is InChI=1S/C16H14FNO2.2C15H12FNO2.C11H16N4OS.C10H11NO2.C10H9NO2.C6H4BrF.C2H4O2.CH4.Li.2H2O/c1-20-16(19)12-2-7-15-11(10-12)8-9-18(15)14-5-3-13(17)4-6-14;2*16-12-2-4-13(5-3-12)17-8-7-10-9-11(15(18)19)1-6-14(10)17;16-11(10-13-1-6-17-10)15-4-2-14(3-5-15)9-7-12-8-9;2*1-13-10(12)8-2-3-9-7(6-8)4-5-11-9;7-5-1-3-6(8)4-2-5;1-2(3)4;;;;/h2-7,10H,8-9H2,1H3;2*1-6,9H,7-8H2,(H,18,19);1,6,9,12H,2-5,7-8H2;2-3,6,11H,4-5H2,1H3;2-6,11H,1H3;1-4H;1H3,(H,3,4);1H4;;2*1H2/q;;;;;;;;;+1;;/p-1. The fraction of sp³-hybridized carbons (Fsp3) is 0.233. The van der Waals surface area contributed by atoms with E-state index in [4.69, 9.17) is 24.9 Å². The number of H-pyrrole nitrogens is 1. The minimum atomic E-state index is -0.914. The number of hydrogen-bond acceptors (Lipinski definition) is 19. The molecule has 11 aromatic rings. The van der Waals surface area contributed by atoms with E-state index in [-0.39, 0.29) is 84.3 Å². The molecule has 9 aromatic carbocycles. The third kappa shape index (κ3) is 25.9. The number of aliphatic carboxylic acids is 1. The van der Waals surface area contributed by atoms with Gasteiger partial charge in [0.1, 0.15) is 23.3 Å². The smallest absolute Gasteiger partial charge is 0.870 e. The molecule has 0 radical (unpaired) electrons. The Balaban J connectivity index is 0.000000212. The first kappa shape index (κ1) is 94.1. The van der Waals surface area contributed by atoms with Crippen LogP contribution < -0.4 is 44.2 Å². The molecule has 0 unspecified atom stereocenters. The average molecular weight is 1680 g/mol. The predicted molar refractivity (Wildman–Crippen MR) is 441 cm³/mol. The van der Waals surface area contributed by atoms with Gasteiger partial charge in [0.2, 0.25) is 0 Å². The minimum Gasteiger partial charge on any atom is -0.870 e. The zero-order valence-corrected chi connectivity index (χ0v) is 66.4. The van der Waals surface area contributed by atoms with E-state index >= 15 is 0 Å². The molecular weight excluding hydrogens is 1590 g/mol. The summed E-state index contributed by atoms with van der Waals surface area (Å²) >= 11 is 4.60. The number of benzene rings is 9. The summed E-state index contributed by atoms with van der Waals surface area (Å²) in [6.07, 6.45) is 6.97. The fourth-order valence-corrected chi connectivity index (χ4v) is 13.8. The van der Waals surface area contributed by atoms with Crippen molar-refractivity contribution in [1.29, 1.82) is 0 Å². The van der Waals surface area contributed by atoms with E-state index < -0.39 is 17.9 Å². The summed E-state index contributed by atoms with van der Waals surface area (Å²) in [6.45, 7) is 10.3. The number of amides is 1. The molecule has 9 N–H and O–H groups in total. The van der Waals surface area contributed by atoms with Crippen LogP contribution in [0.5, 0.6) is 0 Å². The molecule has 0 spiro atoms. The Bertz CT molecular complexity index is 4980. The number of carboxylic acid groups (broad SMARTS) is 3. The van der Waals surface area contributed by atoms with Gasteiger partial charge in [0.05, 0.1) is 49.1 Å². The van der Waals surface area contributed by atoms with Gasteiger partial charge in [0, 0.05) is 151 Å². The number of ether oxygens (including phenoxy) is 3. The first-order valence-corrected chi connectivity index (χ1v) is 37.5. The number of fused-ring (bicyclic) bond motifs is 5. The Morgan fingerprint density at radius 1 is 0.496 bits per heavy atom. The Labute approximate surface area is 698 Å². The van der Waals surface area contributed by atoms with Crippen LogP contribution in [0.3, 0.4) is 0 Å². The van der Waals surface area contributed by atoms with Gasteiger partial charge in [-0.1, -0.05) is 23.4 Å². The van der Waals surface area contributed by atoms with E-state index in [0.29, 0.717) is 38.9 Å². The first-order chi connectivity index (χ1) is 54.5. The molecule has 2 fully saturated rings. The Morgan fingerprint density at radius 3 is 1.26 bits per heavy atom. The normalized spacial score (nSPS) is 13.3. The molecule has 31 heteroatoms. The molecule has 1 amide bonds. The van der Waals surface area contributed by atoms with Crippen molar-refractivity contribution in [2.75, 3.05) is 107 Å². The van der Waals surface area contributed by atoms with Gasteiger partial charge in [0.15, 0.2) is 5.01 Å². The molecule has 6 aliphatic rings. The average Bonchev–Trinajstić information content (AvgIpc) is 1.65. The van der Waals surface area contributed by atoms with Gasteiger partial charge in [-0.15, -0.1) is 11.3 Å². The molecule has 2 aromatic heterocycles. The van der Waals surface area contributed by atoms with Gasteiger partial charge in [0.25, 0.3) is 11.9 Å². The molecule has 0 atom stereocenters.